The first-order chi connectivity index (χ1) is 12.7. The van der Waals surface area contributed by atoms with Gasteiger partial charge < -0.3 is 9.97 Å². The summed E-state index contributed by atoms with van der Waals surface area (Å²) in [5, 5.41) is 2.12. The second-order valence-electron chi connectivity index (χ2n) is 6.58. The summed E-state index contributed by atoms with van der Waals surface area (Å²) in [4.78, 5) is 16.0. The average Bonchev–Trinajstić information content (AvgIpc) is 3.39. The minimum Gasteiger partial charge on any atom is -0.359 e. The highest BCUT2D eigenvalue weighted by molar-refractivity contribution is 6.19. The Balaban J connectivity index is 1.55. The number of aromatic amines is 2. The number of hydrogen-bond acceptors (Lipinski definition) is 2. The summed E-state index contributed by atoms with van der Waals surface area (Å²) in [6.45, 7) is 4.09. The zero-order valence-electron chi connectivity index (χ0n) is 15.1. The van der Waals surface area contributed by atoms with E-state index in [-0.39, 0.29) is 0 Å². The number of rotatable bonds is 3. The van der Waals surface area contributed by atoms with Crippen LogP contribution in [0, 0.1) is 6.92 Å². The highest BCUT2D eigenvalue weighted by Gasteiger charge is 2.07. The average molecular weight is 342 g/mol. The van der Waals surface area contributed by atoms with Gasteiger partial charge in [-0.1, -0.05) is 6.08 Å². The minimum absolute atomic E-state index is 0.947. The van der Waals surface area contributed by atoms with Gasteiger partial charge in [0.15, 0.2) is 0 Å². The molecule has 0 fully saturated rings. The number of aliphatic imine (C=N–C) groups is 2. The zero-order chi connectivity index (χ0) is 17.9. The summed E-state index contributed by atoms with van der Waals surface area (Å²) in [5.74, 6) is 0. The van der Waals surface area contributed by atoms with Crippen molar-refractivity contribution in [2.45, 2.75) is 26.7 Å². The quantitative estimate of drug-likeness (QED) is 0.859. The first kappa shape index (κ1) is 16.3. The first-order valence-electron chi connectivity index (χ1n) is 8.93. The van der Waals surface area contributed by atoms with Crippen LogP contribution >= 0.6 is 0 Å². The fourth-order valence-electron chi connectivity index (χ4n) is 3.13. The Hall–Kier alpha value is -3.14. The van der Waals surface area contributed by atoms with Crippen molar-refractivity contribution >= 4 is 29.7 Å². The molecule has 2 aromatic heterocycles. The summed E-state index contributed by atoms with van der Waals surface area (Å²) in [6, 6.07) is 8.28. The molecule has 0 atom stereocenters. The molecular formula is C22H22N4. The van der Waals surface area contributed by atoms with Crippen LogP contribution in [0.15, 0.2) is 63.9 Å². The van der Waals surface area contributed by atoms with E-state index in [2.05, 4.69) is 68.5 Å². The molecule has 26 heavy (non-hydrogen) atoms. The zero-order valence-corrected chi connectivity index (χ0v) is 15.1. The van der Waals surface area contributed by atoms with Gasteiger partial charge in [0.05, 0.1) is 11.4 Å². The van der Waals surface area contributed by atoms with Crippen molar-refractivity contribution in [3.63, 3.8) is 0 Å². The number of H-pyrrole nitrogens is 2. The molecule has 130 valence electrons. The van der Waals surface area contributed by atoms with Gasteiger partial charge >= 0.3 is 0 Å². The van der Waals surface area contributed by atoms with Crippen LogP contribution in [0.1, 0.15) is 31.2 Å². The van der Waals surface area contributed by atoms with Crippen molar-refractivity contribution in [2.24, 2.45) is 9.98 Å². The first-order valence-corrected chi connectivity index (χ1v) is 8.93. The molecule has 2 aliphatic rings. The van der Waals surface area contributed by atoms with Crippen molar-refractivity contribution in [2.75, 3.05) is 0 Å². The smallest absolute Gasteiger partial charge is 0.0658 e. The predicted molar refractivity (Wildman–Crippen MR) is 109 cm³/mol. The van der Waals surface area contributed by atoms with Crippen LogP contribution < -0.4 is 10.7 Å². The molecular weight excluding hydrogens is 320 g/mol. The van der Waals surface area contributed by atoms with Crippen LogP contribution in [0.2, 0.25) is 0 Å². The molecule has 0 aliphatic carbocycles. The number of nitrogens with zero attached hydrogens (tertiary/aromatic N) is 2. The van der Waals surface area contributed by atoms with E-state index in [1.807, 2.05) is 26.0 Å². The standard InChI is InChI=1S/C22H22N4/c1-3-16-6-7-18(24-16)13-20-10-11-22(26-20)14-21-9-8-19(25-21)12-17-5-4-15(2)23-17/h3-5,8-14,23,26H,6-7H2,1-2H3/b16-3-,19-12-,20-13-,22-14-. The normalized spacial score (nSPS) is 21.3. The van der Waals surface area contributed by atoms with Gasteiger partial charge in [-0.25, -0.2) is 4.99 Å². The van der Waals surface area contributed by atoms with E-state index in [1.165, 1.54) is 5.70 Å². The molecule has 0 amide bonds. The summed E-state index contributed by atoms with van der Waals surface area (Å²) in [5.41, 5.74) is 6.44. The Bertz CT molecular complexity index is 1100. The van der Waals surface area contributed by atoms with Gasteiger partial charge in [0.2, 0.25) is 0 Å². The predicted octanol–water partition coefficient (Wildman–Crippen LogP) is 3.40. The molecule has 4 heteroatoms. The van der Waals surface area contributed by atoms with Crippen molar-refractivity contribution in [3.05, 3.63) is 76.0 Å². The summed E-state index contributed by atoms with van der Waals surface area (Å²) < 4.78 is 0. The van der Waals surface area contributed by atoms with Gasteiger partial charge in [-0.15, -0.1) is 0 Å². The molecule has 2 N–H and O–H groups in total. The summed E-state index contributed by atoms with van der Waals surface area (Å²) >= 11 is 0. The highest BCUT2D eigenvalue weighted by Crippen LogP contribution is 2.17. The molecule has 4 heterocycles. The maximum absolute atomic E-state index is 4.65. The lowest BCUT2D eigenvalue weighted by Crippen LogP contribution is -2.12. The van der Waals surface area contributed by atoms with E-state index < -0.39 is 0 Å². The van der Waals surface area contributed by atoms with Gasteiger partial charge in [0, 0.05) is 33.5 Å². The fourth-order valence-corrected chi connectivity index (χ4v) is 3.13. The van der Waals surface area contributed by atoms with Crippen molar-refractivity contribution in [1.82, 2.24) is 9.97 Å². The lowest BCUT2D eigenvalue weighted by molar-refractivity contribution is 1.06. The summed E-state index contributed by atoms with van der Waals surface area (Å²) in [6.07, 6.45) is 14.4. The number of hydrogen-bond donors (Lipinski definition) is 2. The van der Waals surface area contributed by atoms with Crippen LogP contribution in [-0.2, 0) is 0 Å². The molecule has 0 saturated heterocycles. The second-order valence-corrected chi connectivity index (χ2v) is 6.58. The van der Waals surface area contributed by atoms with E-state index >= 15 is 0 Å². The number of nitrogens with one attached hydrogen (secondary N) is 2. The van der Waals surface area contributed by atoms with E-state index in [0.29, 0.717) is 0 Å². The Labute approximate surface area is 152 Å². The number of aromatic nitrogens is 2. The largest absolute Gasteiger partial charge is 0.359 e. The van der Waals surface area contributed by atoms with Crippen LogP contribution in [-0.4, -0.2) is 21.4 Å². The van der Waals surface area contributed by atoms with Gasteiger partial charge in [0.1, 0.15) is 0 Å². The SMILES string of the molecule is C/C=C1/CCC(/C=c2/cc/c(=C/C3=NC(=C\c4ccc(C)[nH]4)/C=C3)[nH]2)=N1. The number of allylic oxidation sites excluding steroid dienone is 4. The van der Waals surface area contributed by atoms with Gasteiger partial charge in [-0.05, 0) is 81.3 Å². The third-order valence-corrected chi connectivity index (χ3v) is 4.46. The van der Waals surface area contributed by atoms with Crippen LogP contribution in [0.25, 0.3) is 18.2 Å². The van der Waals surface area contributed by atoms with E-state index in [1.54, 1.807) is 0 Å². The van der Waals surface area contributed by atoms with Gasteiger partial charge in [-0.3, -0.25) is 4.99 Å². The van der Waals surface area contributed by atoms with Crippen LogP contribution in [0.3, 0.4) is 0 Å². The van der Waals surface area contributed by atoms with E-state index in [9.17, 15) is 0 Å². The molecule has 2 aliphatic heterocycles. The minimum atomic E-state index is 0.947. The molecule has 2 aromatic rings. The number of aryl methyl sites for hydroxylation is 1. The molecule has 4 nitrogen and oxygen atoms in total. The van der Waals surface area contributed by atoms with Crippen LogP contribution in [0.5, 0.6) is 0 Å². The molecule has 0 aromatic carbocycles. The third-order valence-electron chi connectivity index (χ3n) is 4.46. The molecule has 0 bridgehead atoms. The molecule has 0 spiro atoms. The Morgan fingerprint density at radius 3 is 2.46 bits per heavy atom. The Morgan fingerprint density at radius 2 is 1.73 bits per heavy atom. The third kappa shape index (κ3) is 3.75. The van der Waals surface area contributed by atoms with Crippen molar-refractivity contribution in [3.8, 4) is 0 Å². The van der Waals surface area contributed by atoms with Gasteiger partial charge in [-0.2, -0.15) is 0 Å². The molecule has 4 rings (SSSR count). The van der Waals surface area contributed by atoms with E-state index in [4.69, 9.17) is 0 Å². The topological polar surface area (TPSA) is 56.3 Å². The lowest BCUT2D eigenvalue weighted by Gasteiger charge is -1.90. The molecule has 0 saturated carbocycles. The Kier molecular flexibility index (Phi) is 4.40. The summed E-state index contributed by atoms with van der Waals surface area (Å²) in [7, 11) is 0. The van der Waals surface area contributed by atoms with Gasteiger partial charge in [0.25, 0.3) is 0 Å². The second kappa shape index (κ2) is 7.00. The van der Waals surface area contributed by atoms with Crippen LogP contribution in [0.4, 0.5) is 0 Å². The van der Waals surface area contributed by atoms with Crippen molar-refractivity contribution in [1.29, 1.82) is 0 Å². The van der Waals surface area contributed by atoms with Crippen molar-refractivity contribution < 1.29 is 0 Å². The maximum atomic E-state index is 4.65. The fraction of sp³-hybridized carbons (Fsp3) is 0.182. The van der Waals surface area contributed by atoms with E-state index in [0.717, 1.165) is 52.0 Å². The monoisotopic (exact) mass is 342 g/mol. The highest BCUT2D eigenvalue weighted by atomic mass is 14.8. The molecule has 0 radical (unpaired) electrons. The Morgan fingerprint density at radius 1 is 0.885 bits per heavy atom. The maximum Gasteiger partial charge on any atom is 0.0658 e. The molecule has 0 unspecified atom stereocenters. The lowest BCUT2D eigenvalue weighted by atomic mass is 10.2.